The molecule has 1 fully saturated rings. The molecule has 0 bridgehead atoms. The average molecular weight is 248 g/mol. The molecule has 0 aromatic carbocycles. The Hall–Kier alpha value is -1.76. The molecule has 3 rings (SSSR count). The molecule has 0 amide bonds. The smallest absolute Gasteiger partial charge is 0.183 e. The molecule has 18 heavy (non-hydrogen) atoms. The lowest BCUT2D eigenvalue weighted by Gasteiger charge is -2.10. The highest BCUT2D eigenvalue weighted by molar-refractivity contribution is 5.81. The number of rotatable bonds is 4. The SMILES string of the molecule is CCn1nnc2c(NCC3CCCO3)ncnc21. The summed E-state index contributed by atoms with van der Waals surface area (Å²) in [7, 11) is 0. The predicted octanol–water partition coefficient (Wildman–Crippen LogP) is 0.832. The summed E-state index contributed by atoms with van der Waals surface area (Å²) in [5.74, 6) is 0.732. The molecule has 1 atom stereocenters. The molecule has 3 heterocycles. The maximum Gasteiger partial charge on any atom is 0.183 e. The molecule has 0 saturated carbocycles. The van der Waals surface area contributed by atoms with Gasteiger partial charge in [0.25, 0.3) is 0 Å². The number of hydrogen-bond donors (Lipinski definition) is 1. The number of nitrogens with zero attached hydrogens (tertiary/aromatic N) is 5. The van der Waals surface area contributed by atoms with Gasteiger partial charge < -0.3 is 10.1 Å². The minimum Gasteiger partial charge on any atom is -0.376 e. The first-order chi connectivity index (χ1) is 8.88. The maximum absolute atomic E-state index is 5.57. The molecule has 1 aliphatic rings. The van der Waals surface area contributed by atoms with E-state index in [9.17, 15) is 0 Å². The minimum atomic E-state index is 0.274. The number of anilines is 1. The molecule has 1 N–H and O–H groups in total. The van der Waals surface area contributed by atoms with Crippen molar-refractivity contribution in [3.05, 3.63) is 6.33 Å². The second-order valence-electron chi connectivity index (χ2n) is 4.32. The lowest BCUT2D eigenvalue weighted by atomic mass is 10.2. The molecular formula is C11H16N6O. The fourth-order valence-electron chi connectivity index (χ4n) is 2.15. The number of nitrogens with one attached hydrogen (secondary N) is 1. The largest absolute Gasteiger partial charge is 0.376 e. The van der Waals surface area contributed by atoms with Crippen molar-refractivity contribution in [3.8, 4) is 0 Å². The Bertz CT molecular complexity index is 533. The average Bonchev–Trinajstić information content (AvgIpc) is 3.05. The standard InChI is InChI=1S/C11H16N6O/c1-2-17-11-9(15-16-17)10(13-7-14-11)12-6-8-4-3-5-18-8/h7-8H,2-6H2,1H3,(H,12,13,14). The molecule has 2 aromatic heterocycles. The van der Waals surface area contributed by atoms with Gasteiger partial charge in [0.2, 0.25) is 0 Å². The van der Waals surface area contributed by atoms with Crippen LogP contribution in [0, 0.1) is 0 Å². The number of aryl methyl sites for hydroxylation is 1. The van der Waals surface area contributed by atoms with Crippen molar-refractivity contribution in [1.82, 2.24) is 25.0 Å². The van der Waals surface area contributed by atoms with Crippen molar-refractivity contribution >= 4 is 17.0 Å². The van der Waals surface area contributed by atoms with Crippen LogP contribution in [0.15, 0.2) is 6.33 Å². The van der Waals surface area contributed by atoms with Gasteiger partial charge in [-0.05, 0) is 19.8 Å². The van der Waals surface area contributed by atoms with Gasteiger partial charge in [-0.1, -0.05) is 5.21 Å². The highest BCUT2D eigenvalue weighted by atomic mass is 16.5. The van der Waals surface area contributed by atoms with E-state index in [4.69, 9.17) is 4.74 Å². The van der Waals surface area contributed by atoms with Gasteiger partial charge in [-0.2, -0.15) is 0 Å². The summed E-state index contributed by atoms with van der Waals surface area (Å²) in [6.07, 6.45) is 4.05. The van der Waals surface area contributed by atoms with E-state index in [1.165, 1.54) is 6.33 Å². The van der Waals surface area contributed by atoms with Crippen LogP contribution >= 0.6 is 0 Å². The molecule has 0 spiro atoms. The summed E-state index contributed by atoms with van der Waals surface area (Å²) in [6.45, 7) is 4.37. The highest BCUT2D eigenvalue weighted by Crippen LogP contribution is 2.17. The summed E-state index contributed by atoms with van der Waals surface area (Å²) < 4.78 is 7.32. The molecule has 7 nitrogen and oxygen atoms in total. The Morgan fingerprint density at radius 3 is 3.22 bits per heavy atom. The van der Waals surface area contributed by atoms with Crippen molar-refractivity contribution in [3.63, 3.8) is 0 Å². The van der Waals surface area contributed by atoms with Gasteiger partial charge in [0.1, 0.15) is 6.33 Å². The first kappa shape index (κ1) is 11.3. The first-order valence-electron chi connectivity index (χ1n) is 6.28. The van der Waals surface area contributed by atoms with Crippen LogP contribution in [-0.2, 0) is 11.3 Å². The molecule has 1 unspecified atom stereocenters. The van der Waals surface area contributed by atoms with Gasteiger partial charge in [0, 0.05) is 19.7 Å². The number of aromatic nitrogens is 5. The molecule has 1 aliphatic heterocycles. The molecule has 7 heteroatoms. The van der Waals surface area contributed by atoms with E-state index in [0.717, 1.165) is 49.5 Å². The Labute approximate surface area is 105 Å². The molecule has 96 valence electrons. The third-order valence-electron chi connectivity index (χ3n) is 3.12. The Morgan fingerprint density at radius 1 is 1.50 bits per heavy atom. The molecule has 1 saturated heterocycles. The highest BCUT2D eigenvalue weighted by Gasteiger charge is 2.17. The fourth-order valence-corrected chi connectivity index (χ4v) is 2.15. The van der Waals surface area contributed by atoms with Gasteiger partial charge >= 0.3 is 0 Å². The Balaban J connectivity index is 1.80. The summed E-state index contributed by atoms with van der Waals surface area (Å²) in [5.41, 5.74) is 1.49. The van der Waals surface area contributed by atoms with E-state index in [1.54, 1.807) is 4.68 Å². The van der Waals surface area contributed by atoms with Crippen LogP contribution in [0.3, 0.4) is 0 Å². The zero-order chi connectivity index (χ0) is 12.4. The second-order valence-corrected chi connectivity index (χ2v) is 4.32. The van der Waals surface area contributed by atoms with Gasteiger partial charge in [-0.25, -0.2) is 14.6 Å². The normalized spacial score (nSPS) is 19.5. The molecule has 2 aromatic rings. The topological polar surface area (TPSA) is 77.8 Å². The van der Waals surface area contributed by atoms with Crippen LogP contribution in [0.4, 0.5) is 5.82 Å². The molecule has 0 radical (unpaired) electrons. The summed E-state index contributed by atoms with van der Waals surface area (Å²) in [5, 5.41) is 11.4. The third-order valence-corrected chi connectivity index (χ3v) is 3.12. The van der Waals surface area contributed by atoms with Crippen molar-refractivity contribution in [1.29, 1.82) is 0 Å². The van der Waals surface area contributed by atoms with Crippen molar-refractivity contribution < 1.29 is 4.74 Å². The lowest BCUT2D eigenvalue weighted by molar-refractivity contribution is 0.120. The van der Waals surface area contributed by atoms with Gasteiger partial charge in [-0.15, -0.1) is 5.10 Å². The van der Waals surface area contributed by atoms with Crippen LogP contribution in [0.5, 0.6) is 0 Å². The van der Waals surface area contributed by atoms with E-state index >= 15 is 0 Å². The zero-order valence-electron chi connectivity index (χ0n) is 10.3. The first-order valence-corrected chi connectivity index (χ1v) is 6.28. The molecular weight excluding hydrogens is 232 g/mol. The molecule has 0 aliphatic carbocycles. The van der Waals surface area contributed by atoms with Crippen LogP contribution in [0.25, 0.3) is 11.2 Å². The van der Waals surface area contributed by atoms with E-state index in [0.29, 0.717) is 0 Å². The monoisotopic (exact) mass is 248 g/mol. The van der Waals surface area contributed by atoms with E-state index in [-0.39, 0.29) is 6.10 Å². The quantitative estimate of drug-likeness (QED) is 0.863. The lowest BCUT2D eigenvalue weighted by Crippen LogP contribution is -2.19. The number of ether oxygens (including phenoxy) is 1. The van der Waals surface area contributed by atoms with Gasteiger partial charge in [-0.3, -0.25) is 0 Å². The third kappa shape index (κ3) is 2.01. The van der Waals surface area contributed by atoms with E-state index in [1.807, 2.05) is 6.92 Å². The number of fused-ring (bicyclic) bond motifs is 1. The zero-order valence-corrected chi connectivity index (χ0v) is 10.3. The second kappa shape index (κ2) is 4.85. The minimum absolute atomic E-state index is 0.274. The fraction of sp³-hybridized carbons (Fsp3) is 0.636. The van der Waals surface area contributed by atoms with Crippen LogP contribution < -0.4 is 5.32 Å². The van der Waals surface area contributed by atoms with Crippen molar-refractivity contribution in [2.45, 2.75) is 32.4 Å². The number of hydrogen-bond acceptors (Lipinski definition) is 6. The van der Waals surface area contributed by atoms with Gasteiger partial charge in [0.05, 0.1) is 6.10 Å². The summed E-state index contributed by atoms with van der Waals surface area (Å²) >= 11 is 0. The van der Waals surface area contributed by atoms with Crippen LogP contribution in [0.2, 0.25) is 0 Å². The van der Waals surface area contributed by atoms with Crippen LogP contribution in [0.1, 0.15) is 19.8 Å². The summed E-state index contributed by atoms with van der Waals surface area (Å²) in [4.78, 5) is 8.43. The van der Waals surface area contributed by atoms with Crippen LogP contribution in [-0.4, -0.2) is 44.2 Å². The summed E-state index contributed by atoms with van der Waals surface area (Å²) in [6, 6.07) is 0. The van der Waals surface area contributed by atoms with E-state index < -0.39 is 0 Å². The van der Waals surface area contributed by atoms with Crippen molar-refractivity contribution in [2.24, 2.45) is 0 Å². The van der Waals surface area contributed by atoms with E-state index in [2.05, 4.69) is 25.6 Å². The van der Waals surface area contributed by atoms with Gasteiger partial charge in [0.15, 0.2) is 17.0 Å². The Kier molecular flexibility index (Phi) is 3.06. The van der Waals surface area contributed by atoms with Crippen molar-refractivity contribution in [2.75, 3.05) is 18.5 Å². The predicted molar refractivity (Wildman–Crippen MR) is 66.3 cm³/mol. The Morgan fingerprint density at radius 2 is 2.44 bits per heavy atom. The maximum atomic E-state index is 5.57.